The number of nitrogens with one attached hydrogen (secondary N) is 1. The van der Waals surface area contributed by atoms with Crippen molar-refractivity contribution >= 4 is 0 Å². The molecule has 0 amide bonds. The van der Waals surface area contributed by atoms with E-state index in [9.17, 15) is 0 Å². The Bertz CT molecular complexity index is 222. The Morgan fingerprint density at radius 2 is 1.62 bits per heavy atom. The fourth-order valence-electron chi connectivity index (χ4n) is 2.59. The number of hydrogen-bond acceptors (Lipinski definition) is 2. The van der Waals surface area contributed by atoms with E-state index in [-0.39, 0.29) is 0 Å². The van der Waals surface area contributed by atoms with Crippen LogP contribution in [-0.4, -0.2) is 36.6 Å². The third-order valence-electron chi connectivity index (χ3n) is 3.87. The molecule has 1 rings (SSSR count). The van der Waals surface area contributed by atoms with Gasteiger partial charge in [-0.2, -0.15) is 0 Å². The van der Waals surface area contributed by atoms with Gasteiger partial charge in [0.25, 0.3) is 0 Å². The van der Waals surface area contributed by atoms with Crippen molar-refractivity contribution in [1.29, 1.82) is 0 Å². The second-order valence-corrected chi connectivity index (χ2v) is 7.30. The van der Waals surface area contributed by atoms with Crippen LogP contribution in [0.25, 0.3) is 0 Å². The summed E-state index contributed by atoms with van der Waals surface area (Å²) in [7, 11) is 0. The SMILES string of the molecule is CCN1CC(C(C)(C)C)NCC1C(C)(C)C. The zero-order chi connectivity index (χ0) is 12.6. The van der Waals surface area contributed by atoms with Crippen molar-refractivity contribution in [3.05, 3.63) is 0 Å². The minimum Gasteiger partial charge on any atom is -0.311 e. The molecule has 16 heavy (non-hydrogen) atoms. The molecule has 0 radical (unpaired) electrons. The molecular weight excluding hydrogens is 196 g/mol. The summed E-state index contributed by atoms with van der Waals surface area (Å²) in [5.41, 5.74) is 0.724. The minimum absolute atomic E-state index is 0.357. The first kappa shape index (κ1) is 14.0. The van der Waals surface area contributed by atoms with Gasteiger partial charge in [0.1, 0.15) is 0 Å². The molecule has 1 saturated heterocycles. The number of nitrogens with zero attached hydrogens (tertiary/aromatic N) is 1. The smallest absolute Gasteiger partial charge is 0.0269 e. The van der Waals surface area contributed by atoms with E-state index in [0.29, 0.717) is 22.9 Å². The topological polar surface area (TPSA) is 15.3 Å². The fraction of sp³-hybridized carbons (Fsp3) is 1.00. The quantitative estimate of drug-likeness (QED) is 0.739. The zero-order valence-electron chi connectivity index (χ0n) is 12.2. The Labute approximate surface area is 102 Å². The fourth-order valence-corrected chi connectivity index (χ4v) is 2.59. The predicted molar refractivity (Wildman–Crippen MR) is 71.7 cm³/mol. The summed E-state index contributed by atoms with van der Waals surface area (Å²) in [5.74, 6) is 0. The van der Waals surface area contributed by atoms with Gasteiger partial charge in [0.15, 0.2) is 0 Å². The monoisotopic (exact) mass is 226 g/mol. The molecule has 0 spiro atoms. The van der Waals surface area contributed by atoms with Gasteiger partial charge < -0.3 is 5.32 Å². The second-order valence-electron chi connectivity index (χ2n) is 7.30. The molecule has 0 aliphatic carbocycles. The van der Waals surface area contributed by atoms with Crippen molar-refractivity contribution in [2.45, 2.75) is 60.5 Å². The van der Waals surface area contributed by atoms with Gasteiger partial charge in [-0.3, -0.25) is 4.90 Å². The summed E-state index contributed by atoms with van der Waals surface area (Å²) < 4.78 is 0. The molecule has 0 aromatic rings. The summed E-state index contributed by atoms with van der Waals surface area (Å²) in [5, 5.41) is 3.74. The lowest BCUT2D eigenvalue weighted by molar-refractivity contribution is 0.0345. The van der Waals surface area contributed by atoms with Crippen LogP contribution >= 0.6 is 0 Å². The average molecular weight is 226 g/mol. The van der Waals surface area contributed by atoms with E-state index < -0.39 is 0 Å². The molecule has 1 aliphatic rings. The van der Waals surface area contributed by atoms with Crippen molar-refractivity contribution in [2.75, 3.05) is 19.6 Å². The van der Waals surface area contributed by atoms with E-state index in [4.69, 9.17) is 0 Å². The van der Waals surface area contributed by atoms with Crippen molar-refractivity contribution < 1.29 is 0 Å². The van der Waals surface area contributed by atoms with E-state index >= 15 is 0 Å². The van der Waals surface area contributed by atoms with E-state index in [1.165, 1.54) is 6.54 Å². The van der Waals surface area contributed by atoms with Gasteiger partial charge in [-0.15, -0.1) is 0 Å². The van der Waals surface area contributed by atoms with Crippen LogP contribution in [0, 0.1) is 10.8 Å². The van der Waals surface area contributed by atoms with Crippen molar-refractivity contribution in [1.82, 2.24) is 10.2 Å². The Balaban J connectivity index is 2.72. The van der Waals surface area contributed by atoms with Gasteiger partial charge in [-0.1, -0.05) is 48.5 Å². The van der Waals surface area contributed by atoms with Crippen molar-refractivity contribution in [2.24, 2.45) is 10.8 Å². The Morgan fingerprint density at radius 1 is 1.06 bits per heavy atom. The van der Waals surface area contributed by atoms with Gasteiger partial charge in [0.05, 0.1) is 0 Å². The molecule has 2 atom stereocenters. The molecule has 1 fully saturated rings. The lowest BCUT2D eigenvalue weighted by Crippen LogP contribution is -2.63. The van der Waals surface area contributed by atoms with E-state index in [2.05, 4.69) is 58.7 Å². The lowest BCUT2D eigenvalue weighted by atomic mass is 9.79. The summed E-state index contributed by atoms with van der Waals surface area (Å²) in [6.45, 7) is 19.8. The van der Waals surface area contributed by atoms with E-state index in [0.717, 1.165) is 13.1 Å². The lowest BCUT2D eigenvalue weighted by Gasteiger charge is -2.49. The Kier molecular flexibility index (Phi) is 4.07. The zero-order valence-corrected chi connectivity index (χ0v) is 12.2. The highest BCUT2D eigenvalue weighted by Gasteiger charge is 2.37. The van der Waals surface area contributed by atoms with Crippen molar-refractivity contribution in [3.63, 3.8) is 0 Å². The molecule has 2 nitrogen and oxygen atoms in total. The summed E-state index contributed by atoms with van der Waals surface area (Å²) in [4.78, 5) is 2.65. The Hall–Kier alpha value is -0.0800. The number of hydrogen-bond donors (Lipinski definition) is 1. The first-order valence-electron chi connectivity index (χ1n) is 6.63. The molecule has 0 aromatic carbocycles. The minimum atomic E-state index is 0.357. The molecule has 0 aromatic heterocycles. The van der Waals surface area contributed by atoms with Crippen LogP contribution in [0.15, 0.2) is 0 Å². The van der Waals surface area contributed by atoms with E-state index in [1.807, 2.05) is 0 Å². The van der Waals surface area contributed by atoms with Crippen LogP contribution in [0.5, 0.6) is 0 Å². The summed E-state index contributed by atoms with van der Waals surface area (Å²) >= 11 is 0. The summed E-state index contributed by atoms with van der Waals surface area (Å²) in [6.07, 6.45) is 0. The number of likely N-dealkylation sites (N-methyl/N-ethyl adjacent to an activating group) is 1. The highest BCUT2D eigenvalue weighted by atomic mass is 15.2. The maximum Gasteiger partial charge on any atom is 0.0269 e. The van der Waals surface area contributed by atoms with Crippen LogP contribution in [0.1, 0.15) is 48.5 Å². The average Bonchev–Trinajstić information content (AvgIpc) is 2.14. The standard InChI is InChI=1S/C14H30N2/c1-8-16-10-11(13(2,3)4)15-9-12(16)14(5,6)7/h11-12,15H,8-10H2,1-7H3. The molecule has 0 bridgehead atoms. The largest absolute Gasteiger partial charge is 0.311 e. The Morgan fingerprint density at radius 3 is 2.00 bits per heavy atom. The number of piperazine rings is 1. The maximum atomic E-state index is 3.74. The molecule has 1 heterocycles. The van der Waals surface area contributed by atoms with Gasteiger partial charge in [-0.05, 0) is 17.4 Å². The first-order valence-corrected chi connectivity index (χ1v) is 6.63. The molecular formula is C14H30N2. The normalized spacial score (nSPS) is 29.4. The summed E-state index contributed by atoms with van der Waals surface area (Å²) in [6, 6.07) is 1.28. The van der Waals surface area contributed by atoms with Crippen LogP contribution in [-0.2, 0) is 0 Å². The van der Waals surface area contributed by atoms with Gasteiger partial charge in [0, 0.05) is 25.2 Å². The van der Waals surface area contributed by atoms with Crippen LogP contribution < -0.4 is 5.32 Å². The van der Waals surface area contributed by atoms with Crippen LogP contribution in [0.3, 0.4) is 0 Å². The van der Waals surface area contributed by atoms with Crippen LogP contribution in [0.2, 0.25) is 0 Å². The molecule has 2 unspecified atom stereocenters. The van der Waals surface area contributed by atoms with Gasteiger partial charge in [-0.25, -0.2) is 0 Å². The van der Waals surface area contributed by atoms with Gasteiger partial charge >= 0.3 is 0 Å². The first-order chi connectivity index (χ1) is 7.16. The van der Waals surface area contributed by atoms with E-state index in [1.54, 1.807) is 0 Å². The molecule has 1 aliphatic heterocycles. The predicted octanol–water partition coefficient (Wildman–Crippen LogP) is 2.74. The third-order valence-corrected chi connectivity index (χ3v) is 3.87. The second kappa shape index (κ2) is 4.66. The molecule has 1 N–H and O–H groups in total. The molecule has 0 saturated carbocycles. The van der Waals surface area contributed by atoms with Crippen LogP contribution in [0.4, 0.5) is 0 Å². The number of rotatable bonds is 1. The molecule has 96 valence electrons. The maximum absolute atomic E-state index is 3.74. The third kappa shape index (κ3) is 3.21. The highest BCUT2D eigenvalue weighted by Crippen LogP contribution is 2.30. The highest BCUT2D eigenvalue weighted by molar-refractivity contribution is 4.95. The molecule has 2 heteroatoms. The van der Waals surface area contributed by atoms with Crippen molar-refractivity contribution in [3.8, 4) is 0 Å². The van der Waals surface area contributed by atoms with Gasteiger partial charge in [0.2, 0.25) is 0 Å².